The predicted molar refractivity (Wildman–Crippen MR) is 131 cm³/mol. The predicted octanol–water partition coefficient (Wildman–Crippen LogP) is 4.87. The maximum absolute atomic E-state index is 4.63. The fourth-order valence-corrected chi connectivity index (χ4v) is 7.14. The molecular weight excluding hydrogens is 398 g/mol. The SMILES string of the molecule is C=C(C)C1([SiH2]C)CC=C(C(c2nnnn2-c2c(C)cccc2C)N2CCCCC2)CC1. The molecule has 0 bridgehead atoms. The van der Waals surface area contributed by atoms with Crippen LogP contribution in [0.2, 0.25) is 11.6 Å². The second-order valence-corrected chi connectivity index (χ2v) is 11.6. The summed E-state index contributed by atoms with van der Waals surface area (Å²) >= 11 is 0. The fourth-order valence-electron chi connectivity index (χ4n) is 5.58. The van der Waals surface area contributed by atoms with Gasteiger partial charge in [-0.15, -0.1) is 5.10 Å². The molecule has 2 atom stereocenters. The van der Waals surface area contributed by atoms with Gasteiger partial charge in [0.1, 0.15) is 0 Å². The molecule has 1 aliphatic carbocycles. The van der Waals surface area contributed by atoms with Crippen LogP contribution >= 0.6 is 0 Å². The van der Waals surface area contributed by atoms with Crippen molar-refractivity contribution >= 4 is 9.52 Å². The molecule has 5 nitrogen and oxygen atoms in total. The van der Waals surface area contributed by atoms with E-state index >= 15 is 0 Å². The van der Waals surface area contributed by atoms with Gasteiger partial charge in [-0.1, -0.05) is 49.4 Å². The van der Waals surface area contributed by atoms with Gasteiger partial charge in [-0.25, -0.2) is 0 Å². The number of aromatic nitrogens is 4. The van der Waals surface area contributed by atoms with Crippen molar-refractivity contribution in [1.82, 2.24) is 25.1 Å². The second kappa shape index (κ2) is 9.21. The quantitative estimate of drug-likeness (QED) is 0.480. The maximum Gasteiger partial charge on any atom is 0.177 e. The molecule has 166 valence electrons. The van der Waals surface area contributed by atoms with Gasteiger partial charge in [0, 0.05) is 9.52 Å². The minimum atomic E-state index is -0.172. The van der Waals surface area contributed by atoms with E-state index in [1.807, 2.05) is 4.68 Å². The molecule has 2 aliphatic rings. The molecule has 1 aromatic heterocycles. The van der Waals surface area contributed by atoms with Gasteiger partial charge < -0.3 is 0 Å². The van der Waals surface area contributed by atoms with E-state index in [9.17, 15) is 0 Å². The summed E-state index contributed by atoms with van der Waals surface area (Å²) in [4.78, 5) is 2.63. The summed E-state index contributed by atoms with van der Waals surface area (Å²) in [7, 11) is -0.172. The highest BCUT2D eigenvalue weighted by Crippen LogP contribution is 2.49. The molecule has 1 fully saturated rings. The molecule has 31 heavy (non-hydrogen) atoms. The van der Waals surface area contributed by atoms with E-state index in [0.29, 0.717) is 5.04 Å². The summed E-state index contributed by atoms with van der Waals surface area (Å²) < 4.78 is 2.01. The first-order valence-corrected chi connectivity index (χ1v) is 14.0. The Labute approximate surface area is 189 Å². The number of allylic oxidation sites excluding steroid dienone is 2. The summed E-state index contributed by atoms with van der Waals surface area (Å²) in [6.07, 6.45) is 9.84. The summed E-state index contributed by atoms with van der Waals surface area (Å²) in [5, 5.41) is 13.7. The van der Waals surface area contributed by atoms with Crippen molar-refractivity contribution in [3.63, 3.8) is 0 Å². The van der Waals surface area contributed by atoms with Gasteiger partial charge in [-0.2, -0.15) is 4.68 Å². The molecular formula is C25H37N5Si. The number of likely N-dealkylation sites (tertiary alicyclic amines) is 1. The third kappa shape index (κ3) is 4.20. The van der Waals surface area contributed by atoms with Crippen molar-refractivity contribution in [3.05, 3.63) is 59.0 Å². The Balaban J connectivity index is 1.77. The largest absolute Gasteiger partial charge is 0.290 e. The van der Waals surface area contributed by atoms with Gasteiger partial charge in [0.25, 0.3) is 0 Å². The zero-order valence-electron chi connectivity index (χ0n) is 19.7. The smallest absolute Gasteiger partial charge is 0.177 e. The van der Waals surface area contributed by atoms with E-state index in [1.165, 1.54) is 48.0 Å². The number of rotatable bonds is 6. The number of aryl methyl sites for hydroxylation is 2. The van der Waals surface area contributed by atoms with Crippen molar-refractivity contribution in [2.24, 2.45) is 0 Å². The van der Waals surface area contributed by atoms with Crippen LogP contribution in [0, 0.1) is 13.8 Å². The molecule has 1 aromatic carbocycles. The number of benzene rings is 1. The van der Waals surface area contributed by atoms with Gasteiger partial charge >= 0.3 is 0 Å². The van der Waals surface area contributed by atoms with Crippen LogP contribution in [0.3, 0.4) is 0 Å². The zero-order chi connectivity index (χ0) is 22.0. The Morgan fingerprint density at radius 1 is 1.16 bits per heavy atom. The van der Waals surface area contributed by atoms with Crippen molar-refractivity contribution in [1.29, 1.82) is 0 Å². The molecule has 0 spiro atoms. The lowest BCUT2D eigenvalue weighted by Crippen LogP contribution is -2.37. The number of tetrazole rings is 1. The summed E-state index contributed by atoms with van der Waals surface area (Å²) in [5.74, 6) is 0.974. The Hall–Kier alpha value is -2.05. The first-order chi connectivity index (χ1) is 15.0. The number of hydrogen-bond acceptors (Lipinski definition) is 4. The summed E-state index contributed by atoms with van der Waals surface area (Å²) in [6, 6.07) is 6.57. The highest BCUT2D eigenvalue weighted by atomic mass is 28.2. The first-order valence-electron chi connectivity index (χ1n) is 11.9. The van der Waals surface area contributed by atoms with Crippen LogP contribution in [0.15, 0.2) is 42.0 Å². The standard InChI is InChI=1S/C25H37N5Si/c1-18(2)25(31-5)14-12-21(13-15-25)23(29-16-7-6-8-17-29)24-26-27-28-30(24)22-19(3)10-9-11-20(22)4/h9-12,23H,1,6-8,13-17,31H2,2-5H3. The summed E-state index contributed by atoms with van der Waals surface area (Å²) in [5.41, 5.74) is 6.43. The molecule has 0 amide bonds. The average molecular weight is 436 g/mol. The van der Waals surface area contributed by atoms with Crippen molar-refractivity contribution in [2.75, 3.05) is 13.1 Å². The van der Waals surface area contributed by atoms with Crippen LogP contribution < -0.4 is 0 Å². The summed E-state index contributed by atoms with van der Waals surface area (Å²) in [6.45, 7) is 15.6. The Bertz CT molecular complexity index is 952. The number of nitrogens with zero attached hydrogens (tertiary/aromatic N) is 5. The van der Waals surface area contributed by atoms with Gasteiger partial charge in [0.05, 0.1) is 11.7 Å². The van der Waals surface area contributed by atoms with Crippen LogP contribution in [-0.4, -0.2) is 47.7 Å². The average Bonchev–Trinajstić information content (AvgIpc) is 3.24. The molecule has 0 N–H and O–H groups in total. The van der Waals surface area contributed by atoms with Crippen LogP contribution in [0.4, 0.5) is 0 Å². The van der Waals surface area contributed by atoms with Crippen molar-refractivity contribution in [3.8, 4) is 5.69 Å². The Morgan fingerprint density at radius 2 is 1.87 bits per heavy atom. The minimum absolute atomic E-state index is 0.163. The van der Waals surface area contributed by atoms with E-state index in [-0.39, 0.29) is 15.6 Å². The number of hydrogen-bond donors (Lipinski definition) is 0. The number of para-hydroxylation sites is 1. The Morgan fingerprint density at radius 3 is 2.45 bits per heavy atom. The highest BCUT2D eigenvalue weighted by Gasteiger charge is 2.37. The zero-order valence-corrected chi connectivity index (χ0v) is 21.1. The van der Waals surface area contributed by atoms with Crippen LogP contribution in [0.5, 0.6) is 0 Å². The molecule has 6 heteroatoms. The molecule has 0 saturated carbocycles. The van der Waals surface area contributed by atoms with Crippen molar-refractivity contribution in [2.45, 2.75) is 76.9 Å². The third-order valence-corrected chi connectivity index (χ3v) is 10.3. The second-order valence-electron chi connectivity index (χ2n) is 9.59. The number of piperidine rings is 1. The molecule has 4 rings (SSSR count). The lowest BCUT2D eigenvalue weighted by molar-refractivity contribution is 0.172. The normalized spacial score (nSPS) is 23.8. The van der Waals surface area contributed by atoms with Gasteiger partial charge in [-0.3, -0.25) is 4.90 Å². The van der Waals surface area contributed by atoms with E-state index in [0.717, 1.165) is 37.4 Å². The molecule has 2 unspecified atom stereocenters. The van der Waals surface area contributed by atoms with Gasteiger partial charge in [-0.05, 0) is 98.1 Å². The van der Waals surface area contributed by atoms with E-state index in [2.05, 4.69) is 78.6 Å². The van der Waals surface area contributed by atoms with E-state index in [4.69, 9.17) is 0 Å². The minimum Gasteiger partial charge on any atom is -0.290 e. The molecule has 1 aliphatic heterocycles. The van der Waals surface area contributed by atoms with E-state index < -0.39 is 0 Å². The van der Waals surface area contributed by atoms with E-state index in [1.54, 1.807) is 0 Å². The topological polar surface area (TPSA) is 46.8 Å². The third-order valence-electron chi connectivity index (χ3n) is 7.73. The molecule has 2 heterocycles. The van der Waals surface area contributed by atoms with Crippen LogP contribution in [-0.2, 0) is 0 Å². The molecule has 0 radical (unpaired) electrons. The van der Waals surface area contributed by atoms with Crippen molar-refractivity contribution < 1.29 is 0 Å². The fraction of sp³-hybridized carbons (Fsp3) is 0.560. The monoisotopic (exact) mass is 435 g/mol. The lowest BCUT2D eigenvalue weighted by Gasteiger charge is -2.41. The van der Waals surface area contributed by atoms with Crippen LogP contribution in [0.25, 0.3) is 5.69 Å². The van der Waals surface area contributed by atoms with Crippen LogP contribution in [0.1, 0.15) is 68.4 Å². The maximum atomic E-state index is 4.63. The first kappa shape index (κ1) is 22.2. The Kier molecular flexibility index (Phi) is 6.58. The van der Waals surface area contributed by atoms with Gasteiger partial charge in [0.15, 0.2) is 5.82 Å². The lowest BCUT2D eigenvalue weighted by atomic mass is 9.81. The molecule has 2 aromatic rings. The van der Waals surface area contributed by atoms with Gasteiger partial charge in [0.2, 0.25) is 0 Å². The highest BCUT2D eigenvalue weighted by molar-refractivity contribution is 6.39. The molecule has 1 saturated heterocycles.